The summed E-state index contributed by atoms with van der Waals surface area (Å²) < 4.78 is 6.06. The first-order valence-corrected chi connectivity index (χ1v) is 9.16. The molecule has 1 fully saturated rings. The molecule has 0 aliphatic heterocycles. The van der Waals surface area contributed by atoms with Gasteiger partial charge in [0.05, 0.1) is 18.7 Å². The first-order chi connectivity index (χ1) is 12.5. The van der Waals surface area contributed by atoms with Crippen molar-refractivity contribution in [3.05, 3.63) is 69.2 Å². The highest BCUT2D eigenvalue weighted by atomic mass is 79.9. The van der Waals surface area contributed by atoms with Crippen LogP contribution in [0.1, 0.15) is 24.0 Å². The minimum Gasteiger partial charge on any atom is -0.465 e. The molecule has 2 aromatic carbocycles. The third kappa shape index (κ3) is 2.43. The van der Waals surface area contributed by atoms with Crippen LogP contribution in [0.15, 0.2) is 53.0 Å². The summed E-state index contributed by atoms with van der Waals surface area (Å²) >= 11 is 9.35. The number of hydrogen-bond donors (Lipinski definition) is 0. The van der Waals surface area contributed by atoms with Crippen molar-refractivity contribution < 1.29 is 9.53 Å². The van der Waals surface area contributed by atoms with E-state index in [0.717, 1.165) is 10.0 Å². The molecule has 0 N–H and O–H groups in total. The molecule has 0 bridgehead atoms. The Hall–Kier alpha value is -2.34. The molecule has 0 spiro atoms. The van der Waals surface area contributed by atoms with Crippen LogP contribution in [0.3, 0.4) is 0 Å². The van der Waals surface area contributed by atoms with Crippen LogP contribution >= 0.6 is 27.5 Å². The second kappa shape index (κ2) is 6.76. The van der Waals surface area contributed by atoms with E-state index in [-0.39, 0.29) is 6.61 Å². The van der Waals surface area contributed by atoms with Crippen molar-refractivity contribution in [3.63, 3.8) is 0 Å². The fourth-order valence-corrected chi connectivity index (χ4v) is 4.07. The zero-order valence-electron chi connectivity index (χ0n) is 13.9. The molecule has 26 heavy (non-hydrogen) atoms. The van der Waals surface area contributed by atoms with Crippen LogP contribution in [0, 0.1) is 28.1 Å². The van der Waals surface area contributed by atoms with Crippen LogP contribution in [0.2, 0.25) is 5.02 Å². The molecule has 0 heterocycles. The maximum atomic E-state index is 12.8. The minimum atomic E-state index is -1.60. The predicted molar refractivity (Wildman–Crippen MR) is 100 cm³/mol. The van der Waals surface area contributed by atoms with Crippen LogP contribution in [-0.4, -0.2) is 12.6 Å². The summed E-state index contributed by atoms with van der Waals surface area (Å²) in [6.45, 7) is 1.81. The van der Waals surface area contributed by atoms with Gasteiger partial charge in [-0.1, -0.05) is 51.8 Å². The SMILES string of the molecule is CCOC(=O)[C@@]1(C#N)[C@H](c2ccc(Br)cc2)[C@]1(C#N)c1ccc(Cl)cc1. The molecule has 0 unspecified atom stereocenters. The molecule has 1 saturated carbocycles. The number of benzene rings is 2. The zero-order chi connectivity index (χ0) is 18.9. The summed E-state index contributed by atoms with van der Waals surface area (Å²) in [5.74, 6) is -1.30. The van der Waals surface area contributed by atoms with Gasteiger partial charge in [-0.15, -0.1) is 0 Å². The van der Waals surface area contributed by atoms with Gasteiger partial charge >= 0.3 is 5.97 Å². The molecule has 3 rings (SSSR count). The Morgan fingerprint density at radius 3 is 2.27 bits per heavy atom. The molecule has 0 saturated heterocycles. The standard InChI is InChI=1S/C20H14BrClN2O2/c1-2-26-18(25)20(12-24)17(13-3-7-15(21)8-4-13)19(20,11-23)14-5-9-16(22)10-6-14/h3-10,17H,2H2,1H3/t17-,19+,20-/m1/s1. The average Bonchev–Trinajstić information content (AvgIpc) is 3.27. The van der Waals surface area contributed by atoms with Crippen LogP contribution in [0.5, 0.6) is 0 Å². The third-order valence-electron chi connectivity index (χ3n) is 4.86. The van der Waals surface area contributed by atoms with E-state index >= 15 is 0 Å². The molecule has 0 radical (unpaired) electrons. The Balaban J connectivity index is 2.23. The molecule has 2 aromatic rings. The van der Waals surface area contributed by atoms with Gasteiger partial charge in [-0.25, -0.2) is 0 Å². The second-order valence-corrected chi connectivity index (χ2v) is 7.40. The molecular formula is C20H14BrClN2O2. The van der Waals surface area contributed by atoms with Crippen molar-refractivity contribution in [2.24, 2.45) is 5.41 Å². The van der Waals surface area contributed by atoms with E-state index in [2.05, 4.69) is 28.1 Å². The fourth-order valence-electron chi connectivity index (χ4n) is 3.68. The Bertz CT molecular complexity index is 930. The summed E-state index contributed by atoms with van der Waals surface area (Å²) in [4.78, 5) is 12.8. The molecule has 0 aromatic heterocycles. The molecule has 1 aliphatic carbocycles. The van der Waals surface area contributed by atoms with E-state index < -0.39 is 22.7 Å². The topological polar surface area (TPSA) is 73.9 Å². The van der Waals surface area contributed by atoms with Crippen molar-refractivity contribution in [1.29, 1.82) is 10.5 Å². The monoisotopic (exact) mass is 428 g/mol. The molecule has 0 amide bonds. The van der Waals surface area contributed by atoms with E-state index in [1.807, 2.05) is 24.3 Å². The van der Waals surface area contributed by atoms with E-state index in [9.17, 15) is 15.3 Å². The lowest BCUT2D eigenvalue weighted by Crippen LogP contribution is -2.26. The quantitative estimate of drug-likeness (QED) is 0.658. The van der Waals surface area contributed by atoms with Crippen LogP contribution in [0.25, 0.3) is 0 Å². The van der Waals surface area contributed by atoms with E-state index in [1.165, 1.54) is 0 Å². The predicted octanol–water partition coefficient (Wildman–Crippen LogP) is 4.73. The van der Waals surface area contributed by atoms with Gasteiger partial charge in [0.1, 0.15) is 5.41 Å². The van der Waals surface area contributed by atoms with Gasteiger partial charge in [0.2, 0.25) is 0 Å². The smallest absolute Gasteiger partial charge is 0.329 e. The number of ether oxygens (including phenoxy) is 1. The van der Waals surface area contributed by atoms with Crippen LogP contribution in [-0.2, 0) is 14.9 Å². The number of carbonyl (C=O) groups is 1. The fraction of sp³-hybridized carbons (Fsp3) is 0.250. The van der Waals surface area contributed by atoms with Crippen molar-refractivity contribution in [1.82, 2.24) is 0 Å². The molecule has 4 nitrogen and oxygen atoms in total. The number of rotatable bonds is 4. The van der Waals surface area contributed by atoms with Gasteiger partial charge in [-0.05, 0) is 42.3 Å². The van der Waals surface area contributed by atoms with Gasteiger partial charge in [0, 0.05) is 15.4 Å². The van der Waals surface area contributed by atoms with Crippen LogP contribution in [0.4, 0.5) is 0 Å². The lowest BCUT2D eigenvalue weighted by atomic mass is 9.87. The number of esters is 1. The van der Waals surface area contributed by atoms with Crippen molar-refractivity contribution in [3.8, 4) is 12.1 Å². The highest BCUT2D eigenvalue weighted by Crippen LogP contribution is 2.74. The molecule has 3 atom stereocenters. The highest BCUT2D eigenvalue weighted by Gasteiger charge is 2.84. The average molecular weight is 430 g/mol. The Morgan fingerprint density at radius 2 is 1.77 bits per heavy atom. The first-order valence-electron chi connectivity index (χ1n) is 7.99. The molecular weight excluding hydrogens is 416 g/mol. The van der Waals surface area contributed by atoms with Gasteiger partial charge in [-0.3, -0.25) is 4.79 Å². The summed E-state index contributed by atoms with van der Waals surface area (Å²) in [7, 11) is 0. The number of hydrogen-bond acceptors (Lipinski definition) is 4. The number of nitrogens with zero attached hydrogens (tertiary/aromatic N) is 2. The summed E-state index contributed by atoms with van der Waals surface area (Å²) in [6.07, 6.45) is 0. The minimum absolute atomic E-state index is 0.136. The first kappa shape index (κ1) is 18.5. The summed E-state index contributed by atoms with van der Waals surface area (Å²) in [5, 5.41) is 20.6. The second-order valence-electron chi connectivity index (χ2n) is 6.05. The number of carbonyl (C=O) groups excluding carboxylic acids is 1. The van der Waals surface area contributed by atoms with Gasteiger partial charge in [0.15, 0.2) is 5.41 Å². The van der Waals surface area contributed by atoms with E-state index in [4.69, 9.17) is 16.3 Å². The number of nitriles is 2. The van der Waals surface area contributed by atoms with Crippen LogP contribution < -0.4 is 0 Å². The largest absolute Gasteiger partial charge is 0.465 e. The lowest BCUT2D eigenvalue weighted by molar-refractivity contribution is -0.148. The summed E-state index contributed by atoms with van der Waals surface area (Å²) in [5.41, 5.74) is -1.61. The third-order valence-corrected chi connectivity index (χ3v) is 5.64. The highest BCUT2D eigenvalue weighted by molar-refractivity contribution is 9.10. The lowest BCUT2D eigenvalue weighted by Gasteiger charge is -2.13. The van der Waals surface area contributed by atoms with Gasteiger partial charge < -0.3 is 4.74 Å². The maximum Gasteiger partial charge on any atom is 0.329 e. The Kier molecular flexibility index (Phi) is 4.80. The Morgan fingerprint density at radius 1 is 1.15 bits per heavy atom. The number of halogens is 2. The van der Waals surface area contributed by atoms with Crippen molar-refractivity contribution >= 4 is 33.5 Å². The summed E-state index contributed by atoms with van der Waals surface area (Å²) in [6, 6.07) is 18.3. The molecule has 1 aliphatic rings. The zero-order valence-corrected chi connectivity index (χ0v) is 16.2. The normalized spacial score (nSPS) is 26.4. The molecule has 6 heteroatoms. The maximum absolute atomic E-state index is 12.8. The van der Waals surface area contributed by atoms with Gasteiger partial charge in [0.25, 0.3) is 0 Å². The Labute approximate surface area is 165 Å². The van der Waals surface area contributed by atoms with Gasteiger partial charge in [-0.2, -0.15) is 10.5 Å². The van der Waals surface area contributed by atoms with E-state index in [0.29, 0.717) is 10.6 Å². The molecule has 130 valence electrons. The van der Waals surface area contributed by atoms with Crippen molar-refractivity contribution in [2.75, 3.05) is 6.61 Å². The van der Waals surface area contributed by atoms with E-state index in [1.54, 1.807) is 31.2 Å². The van der Waals surface area contributed by atoms with Crippen molar-refractivity contribution in [2.45, 2.75) is 18.3 Å².